The highest BCUT2D eigenvalue weighted by Gasteiger charge is 2.41. The summed E-state index contributed by atoms with van der Waals surface area (Å²) in [6.07, 6.45) is 3.07. The zero-order valence-electron chi connectivity index (χ0n) is 16.6. The number of thiocarbonyl (C=S) groups is 1. The second-order valence-corrected chi connectivity index (χ2v) is 9.83. The maximum absolute atomic E-state index is 13.4. The first-order chi connectivity index (χ1) is 14.5. The van der Waals surface area contributed by atoms with Gasteiger partial charge in [0, 0.05) is 16.6 Å². The fourth-order valence-corrected chi connectivity index (χ4v) is 5.40. The Morgan fingerprint density at radius 1 is 1.00 bits per heavy atom. The molecule has 30 heavy (non-hydrogen) atoms. The van der Waals surface area contributed by atoms with Crippen molar-refractivity contribution in [2.45, 2.75) is 32.7 Å². The van der Waals surface area contributed by atoms with Crippen LogP contribution in [0.1, 0.15) is 37.3 Å². The van der Waals surface area contributed by atoms with Gasteiger partial charge in [-0.2, -0.15) is 0 Å². The number of fused-ring (bicyclic) bond motifs is 1. The van der Waals surface area contributed by atoms with Crippen LogP contribution in [0.4, 0.5) is 5.69 Å². The highest BCUT2D eigenvalue weighted by atomic mass is 79.9. The molecule has 4 rings (SSSR count). The third-order valence-corrected chi connectivity index (χ3v) is 7.16. The predicted octanol–water partition coefficient (Wildman–Crippen LogP) is 5.76. The van der Waals surface area contributed by atoms with Crippen molar-refractivity contribution in [1.29, 1.82) is 0 Å². The lowest BCUT2D eigenvalue weighted by Gasteiger charge is -2.17. The first kappa shape index (κ1) is 21.3. The van der Waals surface area contributed by atoms with Gasteiger partial charge in [-0.1, -0.05) is 90.0 Å². The molecular weight excluding hydrogens is 480 g/mol. The highest BCUT2D eigenvalue weighted by Crippen LogP contribution is 2.45. The van der Waals surface area contributed by atoms with E-state index >= 15 is 0 Å². The molecule has 2 aliphatic heterocycles. The van der Waals surface area contributed by atoms with E-state index in [1.54, 1.807) is 9.80 Å². The summed E-state index contributed by atoms with van der Waals surface area (Å²) in [4.78, 5) is 30.5. The van der Waals surface area contributed by atoms with Crippen LogP contribution in [-0.2, 0) is 16.1 Å². The lowest BCUT2D eigenvalue weighted by atomic mass is 10.1. The van der Waals surface area contributed by atoms with Gasteiger partial charge in [0.2, 0.25) is 0 Å². The van der Waals surface area contributed by atoms with Gasteiger partial charge in [0.15, 0.2) is 0 Å². The van der Waals surface area contributed by atoms with Crippen molar-refractivity contribution in [3.05, 3.63) is 69.0 Å². The number of nitrogens with zero attached hydrogens (tertiary/aromatic N) is 2. The molecule has 2 aliphatic rings. The van der Waals surface area contributed by atoms with E-state index in [0.717, 1.165) is 40.5 Å². The molecular formula is C23H21BrN2O2S2. The summed E-state index contributed by atoms with van der Waals surface area (Å²) in [6.45, 7) is 3.19. The summed E-state index contributed by atoms with van der Waals surface area (Å²) >= 11 is 10.2. The van der Waals surface area contributed by atoms with Crippen LogP contribution in [0.2, 0.25) is 0 Å². The average Bonchev–Trinajstić information content (AvgIpc) is 3.16. The second-order valence-electron chi connectivity index (χ2n) is 7.27. The number of benzene rings is 2. The van der Waals surface area contributed by atoms with Gasteiger partial charge < -0.3 is 4.90 Å². The maximum Gasteiger partial charge on any atom is 0.267 e. The van der Waals surface area contributed by atoms with E-state index in [-0.39, 0.29) is 11.8 Å². The van der Waals surface area contributed by atoms with Gasteiger partial charge in [0.05, 0.1) is 22.7 Å². The van der Waals surface area contributed by atoms with Gasteiger partial charge >= 0.3 is 0 Å². The molecule has 0 bridgehead atoms. The lowest BCUT2D eigenvalue weighted by Crippen LogP contribution is -2.29. The van der Waals surface area contributed by atoms with Crippen LogP contribution in [0.15, 0.2) is 57.9 Å². The molecule has 0 aromatic heterocycles. The predicted molar refractivity (Wildman–Crippen MR) is 130 cm³/mol. The van der Waals surface area contributed by atoms with Gasteiger partial charge in [-0.25, -0.2) is 0 Å². The summed E-state index contributed by atoms with van der Waals surface area (Å²) in [5.41, 5.74) is 3.13. The van der Waals surface area contributed by atoms with E-state index in [1.807, 2.05) is 48.5 Å². The maximum atomic E-state index is 13.4. The molecule has 0 atom stereocenters. The van der Waals surface area contributed by atoms with Crippen molar-refractivity contribution in [1.82, 2.24) is 4.90 Å². The van der Waals surface area contributed by atoms with Crippen molar-refractivity contribution in [3.63, 3.8) is 0 Å². The van der Waals surface area contributed by atoms with Crippen molar-refractivity contribution >= 4 is 67.3 Å². The molecule has 2 aromatic carbocycles. The second kappa shape index (κ2) is 9.04. The molecule has 0 radical (unpaired) electrons. The minimum Gasteiger partial charge on any atom is -0.308 e. The molecule has 0 saturated carbocycles. The van der Waals surface area contributed by atoms with Gasteiger partial charge in [-0.15, -0.1) is 0 Å². The Hall–Kier alpha value is -1.96. The Kier molecular flexibility index (Phi) is 6.41. The quantitative estimate of drug-likeness (QED) is 0.287. The number of amides is 2. The minimum absolute atomic E-state index is 0.112. The van der Waals surface area contributed by atoms with E-state index < -0.39 is 0 Å². The monoisotopic (exact) mass is 500 g/mol. The Labute approximate surface area is 194 Å². The molecule has 1 fully saturated rings. The SMILES string of the molecule is CCCCCN1C(=O)C(=C2SC(=S)N(Cc3ccccc3)C2=O)c2cc(Br)ccc21. The van der Waals surface area contributed by atoms with Crippen LogP contribution in [0.5, 0.6) is 0 Å². The van der Waals surface area contributed by atoms with E-state index in [0.29, 0.717) is 27.9 Å². The molecule has 7 heteroatoms. The molecule has 0 spiro atoms. The Morgan fingerprint density at radius 2 is 1.77 bits per heavy atom. The summed E-state index contributed by atoms with van der Waals surface area (Å²) in [5.74, 6) is -0.307. The molecule has 154 valence electrons. The third-order valence-electron chi connectivity index (χ3n) is 5.22. The van der Waals surface area contributed by atoms with Gasteiger partial charge in [-0.3, -0.25) is 14.5 Å². The van der Waals surface area contributed by atoms with Crippen LogP contribution in [0.3, 0.4) is 0 Å². The molecule has 0 unspecified atom stereocenters. The lowest BCUT2D eigenvalue weighted by molar-refractivity contribution is -0.122. The number of unbranched alkanes of at least 4 members (excludes halogenated alkanes) is 2. The number of rotatable bonds is 6. The van der Waals surface area contributed by atoms with Crippen LogP contribution >= 0.6 is 39.9 Å². The van der Waals surface area contributed by atoms with Crippen LogP contribution in [0, 0.1) is 0 Å². The van der Waals surface area contributed by atoms with Gasteiger partial charge in [0.1, 0.15) is 4.32 Å². The fraction of sp³-hybridized carbons (Fsp3) is 0.261. The van der Waals surface area contributed by atoms with E-state index in [1.165, 1.54) is 11.8 Å². The highest BCUT2D eigenvalue weighted by molar-refractivity contribution is 9.10. The van der Waals surface area contributed by atoms with E-state index in [9.17, 15) is 9.59 Å². The molecule has 0 N–H and O–H groups in total. The topological polar surface area (TPSA) is 40.6 Å². The number of hydrogen-bond acceptors (Lipinski definition) is 4. The Morgan fingerprint density at radius 3 is 2.50 bits per heavy atom. The van der Waals surface area contributed by atoms with Crippen molar-refractivity contribution < 1.29 is 9.59 Å². The van der Waals surface area contributed by atoms with Crippen molar-refractivity contribution in [2.24, 2.45) is 0 Å². The summed E-state index contributed by atoms with van der Waals surface area (Å²) in [7, 11) is 0. The number of halogens is 1. The first-order valence-electron chi connectivity index (χ1n) is 9.95. The van der Waals surface area contributed by atoms with Gasteiger partial charge in [-0.05, 0) is 30.2 Å². The number of anilines is 1. The molecule has 2 amide bonds. The molecule has 4 nitrogen and oxygen atoms in total. The zero-order valence-corrected chi connectivity index (χ0v) is 19.8. The summed E-state index contributed by atoms with van der Waals surface area (Å²) in [5, 5.41) is 0. The number of carbonyl (C=O) groups is 2. The fourth-order valence-electron chi connectivity index (χ4n) is 3.72. The number of thioether (sulfide) groups is 1. The zero-order chi connectivity index (χ0) is 21.3. The smallest absolute Gasteiger partial charge is 0.267 e. The standard InChI is InChI=1S/C23H21BrN2O2S2/c1-2-3-7-12-25-18-11-10-16(24)13-17(18)19(21(25)27)20-22(28)26(23(29)30-20)14-15-8-5-4-6-9-15/h4-6,8-11,13H,2-3,7,12,14H2,1H3. The van der Waals surface area contributed by atoms with E-state index in [2.05, 4.69) is 22.9 Å². The molecule has 2 heterocycles. The summed E-state index contributed by atoms with van der Waals surface area (Å²) < 4.78 is 1.36. The van der Waals surface area contributed by atoms with Crippen LogP contribution in [0.25, 0.3) is 5.57 Å². The first-order valence-corrected chi connectivity index (χ1v) is 12.0. The third kappa shape index (κ3) is 3.98. The van der Waals surface area contributed by atoms with Crippen LogP contribution in [-0.4, -0.2) is 27.6 Å². The Balaban J connectivity index is 1.71. The normalized spacial score (nSPS) is 18.5. The van der Waals surface area contributed by atoms with Gasteiger partial charge in [0.25, 0.3) is 11.8 Å². The number of hydrogen-bond donors (Lipinski definition) is 0. The largest absolute Gasteiger partial charge is 0.308 e. The van der Waals surface area contributed by atoms with E-state index in [4.69, 9.17) is 12.2 Å². The van der Waals surface area contributed by atoms with Crippen molar-refractivity contribution in [2.75, 3.05) is 11.4 Å². The average molecular weight is 501 g/mol. The molecule has 0 aliphatic carbocycles. The Bertz CT molecular complexity index is 1050. The van der Waals surface area contributed by atoms with Crippen LogP contribution < -0.4 is 4.90 Å². The molecule has 1 saturated heterocycles. The molecule has 2 aromatic rings. The number of carbonyl (C=O) groups excluding carboxylic acids is 2. The minimum atomic E-state index is -0.196. The summed E-state index contributed by atoms with van der Waals surface area (Å²) in [6, 6.07) is 15.6. The van der Waals surface area contributed by atoms with Crippen molar-refractivity contribution in [3.8, 4) is 0 Å².